The van der Waals surface area contributed by atoms with Gasteiger partial charge in [-0.2, -0.15) is 0 Å². The van der Waals surface area contributed by atoms with Gasteiger partial charge >= 0.3 is 5.69 Å². The summed E-state index contributed by atoms with van der Waals surface area (Å²) in [6.07, 6.45) is 0. The van der Waals surface area contributed by atoms with Crippen LogP contribution in [0.1, 0.15) is 26.3 Å². The third-order valence-corrected chi connectivity index (χ3v) is 3.80. The van der Waals surface area contributed by atoms with Crippen molar-refractivity contribution in [2.75, 3.05) is 7.05 Å². The molecule has 118 valence electrons. The highest BCUT2D eigenvalue weighted by atomic mass is 16.2. The summed E-state index contributed by atoms with van der Waals surface area (Å²) in [6.45, 7) is 5.93. The van der Waals surface area contributed by atoms with Crippen molar-refractivity contribution in [3.8, 4) is 0 Å². The second-order valence-electron chi connectivity index (χ2n) is 6.39. The molecule has 0 fully saturated rings. The minimum Gasteiger partial charge on any atom is -0.358 e. The Hall–Kier alpha value is -2.37. The summed E-state index contributed by atoms with van der Waals surface area (Å²) < 4.78 is 2.37. The van der Waals surface area contributed by atoms with Gasteiger partial charge in [-0.1, -0.05) is 26.8 Å². The van der Waals surface area contributed by atoms with E-state index >= 15 is 0 Å². The number of nitrogens with zero attached hydrogens (tertiary/aromatic N) is 2. The predicted octanol–water partition coefficient (Wildman–Crippen LogP) is 0.744. The second kappa shape index (κ2) is 5.44. The van der Waals surface area contributed by atoms with Crippen LogP contribution >= 0.6 is 0 Å². The summed E-state index contributed by atoms with van der Waals surface area (Å²) in [5.74, 6) is -0.384. The van der Waals surface area contributed by atoms with Crippen molar-refractivity contribution in [3.63, 3.8) is 0 Å². The normalized spacial score (nSPS) is 11.7. The van der Waals surface area contributed by atoms with E-state index in [1.54, 1.807) is 13.1 Å². The zero-order valence-corrected chi connectivity index (χ0v) is 13.6. The van der Waals surface area contributed by atoms with Crippen LogP contribution in [0, 0.1) is 0 Å². The van der Waals surface area contributed by atoms with Gasteiger partial charge in [-0.05, 0) is 23.1 Å². The lowest BCUT2D eigenvalue weighted by Crippen LogP contribution is -2.42. The summed E-state index contributed by atoms with van der Waals surface area (Å²) in [5.41, 5.74) is 0.602. The maximum atomic E-state index is 12.5. The van der Waals surface area contributed by atoms with Gasteiger partial charge in [-0.3, -0.25) is 18.7 Å². The fourth-order valence-electron chi connectivity index (χ4n) is 2.33. The van der Waals surface area contributed by atoms with Gasteiger partial charge in [0.1, 0.15) is 6.54 Å². The van der Waals surface area contributed by atoms with Crippen molar-refractivity contribution in [2.24, 2.45) is 7.05 Å². The van der Waals surface area contributed by atoms with E-state index in [0.717, 1.165) is 10.1 Å². The van der Waals surface area contributed by atoms with Gasteiger partial charge in [-0.25, -0.2) is 4.79 Å². The lowest BCUT2D eigenvalue weighted by atomic mass is 9.86. The van der Waals surface area contributed by atoms with Crippen LogP contribution in [0.5, 0.6) is 0 Å². The van der Waals surface area contributed by atoms with E-state index in [9.17, 15) is 14.4 Å². The minimum atomic E-state index is -0.493. The highest BCUT2D eigenvalue weighted by Gasteiger charge is 2.18. The largest absolute Gasteiger partial charge is 0.358 e. The number of hydrogen-bond acceptors (Lipinski definition) is 3. The van der Waals surface area contributed by atoms with E-state index in [1.807, 2.05) is 12.1 Å². The second-order valence-corrected chi connectivity index (χ2v) is 6.39. The van der Waals surface area contributed by atoms with E-state index in [0.29, 0.717) is 10.9 Å². The van der Waals surface area contributed by atoms with E-state index < -0.39 is 11.2 Å². The molecule has 0 saturated carbocycles. The van der Waals surface area contributed by atoms with Crippen LogP contribution in [0.15, 0.2) is 27.8 Å². The third-order valence-electron chi connectivity index (χ3n) is 3.80. The molecule has 0 aliphatic carbocycles. The van der Waals surface area contributed by atoms with Gasteiger partial charge in [0.2, 0.25) is 5.91 Å². The number of fused-ring (bicyclic) bond motifs is 1. The number of aromatic nitrogens is 2. The molecule has 1 heterocycles. The Labute approximate surface area is 128 Å². The number of hydrogen-bond donors (Lipinski definition) is 1. The first-order valence-electron chi connectivity index (χ1n) is 7.11. The summed E-state index contributed by atoms with van der Waals surface area (Å²) >= 11 is 0. The highest BCUT2D eigenvalue weighted by Crippen LogP contribution is 2.24. The molecule has 0 unspecified atom stereocenters. The standard InChI is InChI=1S/C16H21N3O3/c1-16(2,3)10-6-7-11-12(8-10)18(5)15(22)19(14(11)21)9-13(20)17-4/h6-8H,9H2,1-5H3,(H,17,20). The zero-order valence-electron chi connectivity index (χ0n) is 13.6. The summed E-state index contributed by atoms with van der Waals surface area (Å²) in [5, 5.41) is 2.85. The first-order valence-corrected chi connectivity index (χ1v) is 7.11. The summed E-state index contributed by atoms with van der Waals surface area (Å²) in [7, 11) is 3.07. The van der Waals surface area contributed by atoms with Crippen molar-refractivity contribution < 1.29 is 4.79 Å². The van der Waals surface area contributed by atoms with Gasteiger partial charge in [0.05, 0.1) is 10.9 Å². The lowest BCUT2D eigenvalue weighted by molar-refractivity contribution is -0.121. The van der Waals surface area contributed by atoms with Gasteiger partial charge < -0.3 is 5.32 Å². The van der Waals surface area contributed by atoms with Gasteiger partial charge in [0.15, 0.2) is 0 Å². The number of aryl methyl sites for hydroxylation is 1. The van der Waals surface area contributed by atoms with Crippen LogP contribution in [0.25, 0.3) is 10.9 Å². The van der Waals surface area contributed by atoms with Crippen LogP contribution in [0.2, 0.25) is 0 Å². The maximum absolute atomic E-state index is 12.5. The predicted molar refractivity (Wildman–Crippen MR) is 86.2 cm³/mol. The molecule has 0 bridgehead atoms. The Morgan fingerprint density at radius 3 is 2.41 bits per heavy atom. The molecule has 0 aliphatic heterocycles. The smallest absolute Gasteiger partial charge is 0.331 e. The molecule has 2 rings (SSSR count). The zero-order chi connectivity index (χ0) is 16.7. The van der Waals surface area contributed by atoms with Crippen LogP contribution in [0.3, 0.4) is 0 Å². The molecule has 6 nitrogen and oxygen atoms in total. The quantitative estimate of drug-likeness (QED) is 0.889. The number of likely N-dealkylation sites (N-methyl/N-ethyl adjacent to an activating group) is 1. The minimum absolute atomic E-state index is 0.0821. The monoisotopic (exact) mass is 303 g/mol. The number of rotatable bonds is 2. The van der Waals surface area contributed by atoms with Crippen LogP contribution in [-0.4, -0.2) is 22.1 Å². The highest BCUT2D eigenvalue weighted by molar-refractivity contribution is 5.80. The molecule has 0 saturated heterocycles. The molecule has 0 atom stereocenters. The van der Waals surface area contributed by atoms with Crippen molar-refractivity contribution in [1.82, 2.24) is 14.5 Å². The average molecular weight is 303 g/mol. The molecule has 22 heavy (non-hydrogen) atoms. The first-order chi connectivity index (χ1) is 10.2. The summed E-state index contributed by atoms with van der Waals surface area (Å²) in [4.78, 5) is 36.3. The fourth-order valence-corrected chi connectivity index (χ4v) is 2.33. The molecule has 0 aliphatic rings. The maximum Gasteiger partial charge on any atom is 0.331 e. The van der Waals surface area contributed by atoms with Crippen molar-refractivity contribution >= 4 is 16.8 Å². The van der Waals surface area contributed by atoms with E-state index in [1.165, 1.54) is 11.6 Å². The number of amides is 1. The van der Waals surface area contributed by atoms with E-state index in [2.05, 4.69) is 26.1 Å². The van der Waals surface area contributed by atoms with E-state index in [4.69, 9.17) is 0 Å². The molecule has 2 aromatic rings. The molecular weight excluding hydrogens is 282 g/mol. The number of benzene rings is 1. The molecule has 1 amide bonds. The molecule has 6 heteroatoms. The molecule has 1 N–H and O–H groups in total. The average Bonchev–Trinajstić information content (AvgIpc) is 2.47. The van der Waals surface area contributed by atoms with E-state index in [-0.39, 0.29) is 17.9 Å². The molecule has 0 spiro atoms. The first kappa shape index (κ1) is 16.0. The summed E-state index contributed by atoms with van der Waals surface area (Å²) in [6, 6.07) is 5.47. The molecule has 1 aromatic carbocycles. The van der Waals surface area contributed by atoms with Gasteiger partial charge in [0.25, 0.3) is 5.56 Å². The topological polar surface area (TPSA) is 73.1 Å². The number of nitrogens with one attached hydrogen (secondary N) is 1. The Bertz CT molecular complexity index is 854. The fraction of sp³-hybridized carbons (Fsp3) is 0.438. The Balaban J connectivity index is 2.78. The molecular formula is C16H21N3O3. The molecule has 1 aromatic heterocycles. The van der Waals surface area contributed by atoms with Crippen LogP contribution < -0.4 is 16.6 Å². The number of carbonyl (C=O) groups excluding carboxylic acids is 1. The van der Waals surface area contributed by atoms with Crippen LogP contribution in [0.4, 0.5) is 0 Å². The third kappa shape index (κ3) is 2.68. The van der Waals surface area contributed by atoms with Crippen molar-refractivity contribution in [3.05, 3.63) is 44.6 Å². The SMILES string of the molecule is CNC(=O)Cn1c(=O)c2ccc(C(C)(C)C)cc2n(C)c1=O. The van der Waals surface area contributed by atoms with Gasteiger partial charge in [-0.15, -0.1) is 0 Å². The van der Waals surface area contributed by atoms with Gasteiger partial charge in [0, 0.05) is 14.1 Å². The Kier molecular flexibility index (Phi) is 3.96. The Morgan fingerprint density at radius 1 is 1.23 bits per heavy atom. The Morgan fingerprint density at radius 2 is 1.86 bits per heavy atom. The lowest BCUT2D eigenvalue weighted by Gasteiger charge is -2.20. The molecule has 0 radical (unpaired) electrons. The number of carbonyl (C=O) groups is 1. The van der Waals surface area contributed by atoms with Crippen molar-refractivity contribution in [2.45, 2.75) is 32.7 Å². The van der Waals surface area contributed by atoms with Crippen LogP contribution in [-0.2, 0) is 23.8 Å². The van der Waals surface area contributed by atoms with Crippen molar-refractivity contribution in [1.29, 1.82) is 0 Å².